The molecule has 0 aromatic rings. The Bertz CT molecular complexity index is 267. The molecule has 0 spiro atoms. The van der Waals surface area contributed by atoms with E-state index in [9.17, 15) is 0 Å². The minimum atomic E-state index is 0.734. The lowest BCUT2D eigenvalue weighted by Crippen LogP contribution is -2.58. The normalized spacial score (nSPS) is 43.0. The van der Waals surface area contributed by atoms with Crippen molar-refractivity contribution in [3.8, 4) is 0 Å². The fraction of sp³-hybridized carbons (Fsp3) is 1.00. The average molecular weight is 251 g/mol. The number of hydrogen-bond acceptors (Lipinski definition) is 3. The molecule has 3 nitrogen and oxygen atoms in total. The average Bonchev–Trinajstić information content (AvgIpc) is 2.38. The van der Waals surface area contributed by atoms with Gasteiger partial charge in [-0.25, -0.2) is 0 Å². The van der Waals surface area contributed by atoms with E-state index in [-0.39, 0.29) is 0 Å². The lowest BCUT2D eigenvalue weighted by Gasteiger charge is -2.51. The van der Waals surface area contributed by atoms with Gasteiger partial charge in [0.1, 0.15) is 0 Å². The van der Waals surface area contributed by atoms with Crippen LogP contribution in [0.25, 0.3) is 0 Å². The van der Waals surface area contributed by atoms with E-state index in [1.165, 1.54) is 58.0 Å². The molecule has 0 aliphatic carbocycles. The maximum absolute atomic E-state index is 3.48. The first kappa shape index (κ1) is 12.9. The molecule has 2 bridgehead atoms. The number of piperidine rings is 3. The second-order valence-electron chi connectivity index (χ2n) is 6.65. The van der Waals surface area contributed by atoms with Gasteiger partial charge in [-0.1, -0.05) is 6.42 Å². The predicted molar refractivity (Wildman–Crippen MR) is 75.9 cm³/mol. The first-order chi connectivity index (χ1) is 8.78. The van der Waals surface area contributed by atoms with Gasteiger partial charge in [0, 0.05) is 30.7 Å². The Hall–Kier alpha value is -0.120. The molecule has 3 fully saturated rings. The van der Waals surface area contributed by atoms with Gasteiger partial charge in [0.15, 0.2) is 0 Å². The SMILES string of the molecule is CNC1CCCN(C2CC3CCCC(C2)N3C)C1. The summed E-state index contributed by atoms with van der Waals surface area (Å²) in [5, 5.41) is 3.48. The van der Waals surface area contributed by atoms with Crippen LogP contribution in [-0.4, -0.2) is 61.2 Å². The number of nitrogens with one attached hydrogen (secondary N) is 1. The molecule has 3 saturated heterocycles. The van der Waals surface area contributed by atoms with E-state index in [0.717, 1.165) is 24.2 Å². The Balaban J connectivity index is 1.63. The van der Waals surface area contributed by atoms with Gasteiger partial charge in [-0.15, -0.1) is 0 Å². The van der Waals surface area contributed by atoms with E-state index < -0.39 is 0 Å². The molecule has 0 aromatic heterocycles. The van der Waals surface area contributed by atoms with Gasteiger partial charge in [0.2, 0.25) is 0 Å². The molecule has 0 aromatic carbocycles. The largest absolute Gasteiger partial charge is 0.316 e. The number of likely N-dealkylation sites (tertiary alicyclic amines) is 1. The summed E-state index contributed by atoms with van der Waals surface area (Å²) < 4.78 is 0. The summed E-state index contributed by atoms with van der Waals surface area (Å²) in [6.45, 7) is 2.62. The topological polar surface area (TPSA) is 18.5 Å². The second-order valence-corrected chi connectivity index (χ2v) is 6.65. The third-order valence-electron chi connectivity index (χ3n) is 5.69. The van der Waals surface area contributed by atoms with E-state index in [4.69, 9.17) is 0 Å². The number of nitrogens with zero attached hydrogens (tertiary/aromatic N) is 2. The molecule has 104 valence electrons. The van der Waals surface area contributed by atoms with Crippen molar-refractivity contribution in [2.24, 2.45) is 0 Å². The number of fused-ring (bicyclic) bond motifs is 2. The molecule has 3 heteroatoms. The van der Waals surface area contributed by atoms with Crippen molar-refractivity contribution in [3.05, 3.63) is 0 Å². The molecular formula is C15H29N3. The van der Waals surface area contributed by atoms with E-state index >= 15 is 0 Å². The van der Waals surface area contributed by atoms with Gasteiger partial charge in [-0.3, -0.25) is 4.90 Å². The van der Waals surface area contributed by atoms with E-state index in [1.54, 1.807) is 0 Å². The van der Waals surface area contributed by atoms with Gasteiger partial charge in [0.25, 0.3) is 0 Å². The molecule has 3 heterocycles. The van der Waals surface area contributed by atoms with Crippen molar-refractivity contribution in [1.29, 1.82) is 0 Å². The van der Waals surface area contributed by atoms with Crippen molar-refractivity contribution < 1.29 is 0 Å². The molecule has 18 heavy (non-hydrogen) atoms. The van der Waals surface area contributed by atoms with Gasteiger partial charge in [0.05, 0.1) is 0 Å². The lowest BCUT2D eigenvalue weighted by molar-refractivity contribution is -0.000293. The summed E-state index contributed by atoms with van der Waals surface area (Å²) in [6.07, 6.45) is 9.93. The highest BCUT2D eigenvalue weighted by Gasteiger charge is 2.38. The van der Waals surface area contributed by atoms with Crippen molar-refractivity contribution >= 4 is 0 Å². The van der Waals surface area contributed by atoms with Crippen LogP contribution in [0.5, 0.6) is 0 Å². The molecule has 3 aliphatic rings. The molecule has 3 rings (SSSR count). The van der Waals surface area contributed by atoms with Crippen LogP contribution in [0, 0.1) is 0 Å². The third-order valence-corrected chi connectivity index (χ3v) is 5.69. The maximum atomic E-state index is 3.48. The summed E-state index contributed by atoms with van der Waals surface area (Å²) in [4.78, 5) is 5.47. The van der Waals surface area contributed by atoms with E-state index in [0.29, 0.717) is 0 Å². The third kappa shape index (κ3) is 2.45. The first-order valence-corrected chi connectivity index (χ1v) is 7.91. The Labute approximate surface area is 112 Å². The summed E-state index contributed by atoms with van der Waals surface area (Å²) in [6, 6.07) is 3.35. The van der Waals surface area contributed by atoms with Gasteiger partial charge in [-0.05, 0) is 59.2 Å². The highest BCUT2D eigenvalue weighted by molar-refractivity contribution is 4.95. The number of likely N-dealkylation sites (N-methyl/N-ethyl adjacent to an activating group) is 1. The zero-order valence-corrected chi connectivity index (χ0v) is 12.1. The summed E-state index contributed by atoms with van der Waals surface area (Å²) >= 11 is 0. The summed E-state index contributed by atoms with van der Waals surface area (Å²) in [5.41, 5.74) is 0. The molecule has 3 unspecified atom stereocenters. The van der Waals surface area contributed by atoms with Gasteiger partial charge >= 0.3 is 0 Å². The molecule has 0 saturated carbocycles. The quantitative estimate of drug-likeness (QED) is 0.806. The molecule has 3 atom stereocenters. The number of hydrogen-bond donors (Lipinski definition) is 1. The zero-order chi connectivity index (χ0) is 12.5. The zero-order valence-electron chi connectivity index (χ0n) is 12.1. The van der Waals surface area contributed by atoms with Crippen LogP contribution in [0.15, 0.2) is 0 Å². The minimum absolute atomic E-state index is 0.734. The maximum Gasteiger partial charge on any atom is 0.0192 e. The lowest BCUT2D eigenvalue weighted by atomic mass is 9.81. The second kappa shape index (κ2) is 5.48. The van der Waals surface area contributed by atoms with Crippen molar-refractivity contribution in [2.75, 3.05) is 27.2 Å². The monoisotopic (exact) mass is 251 g/mol. The van der Waals surface area contributed by atoms with Crippen LogP contribution >= 0.6 is 0 Å². The Morgan fingerprint density at radius 2 is 1.67 bits per heavy atom. The van der Waals surface area contributed by atoms with Crippen LogP contribution in [0.3, 0.4) is 0 Å². The molecule has 3 aliphatic heterocycles. The van der Waals surface area contributed by atoms with Crippen molar-refractivity contribution in [1.82, 2.24) is 15.1 Å². The predicted octanol–water partition coefficient (Wildman–Crippen LogP) is 1.69. The first-order valence-electron chi connectivity index (χ1n) is 7.91. The summed E-state index contributed by atoms with van der Waals surface area (Å²) in [5.74, 6) is 0. The highest BCUT2D eigenvalue weighted by atomic mass is 15.2. The van der Waals surface area contributed by atoms with Gasteiger partial charge in [-0.2, -0.15) is 0 Å². The fourth-order valence-electron chi connectivity index (χ4n) is 4.46. The molecule has 0 amide bonds. The Kier molecular flexibility index (Phi) is 3.92. The van der Waals surface area contributed by atoms with Crippen molar-refractivity contribution in [2.45, 2.75) is 69.1 Å². The van der Waals surface area contributed by atoms with Crippen LogP contribution in [0.1, 0.15) is 44.9 Å². The minimum Gasteiger partial charge on any atom is -0.316 e. The van der Waals surface area contributed by atoms with E-state index in [2.05, 4.69) is 29.2 Å². The van der Waals surface area contributed by atoms with E-state index in [1.807, 2.05) is 0 Å². The van der Waals surface area contributed by atoms with Crippen molar-refractivity contribution in [3.63, 3.8) is 0 Å². The van der Waals surface area contributed by atoms with Crippen LogP contribution in [-0.2, 0) is 0 Å². The Morgan fingerprint density at radius 3 is 2.33 bits per heavy atom. The fourth-order valence-corrected chi connectivity index (χ4v) is 4.46. The number of rotatable bonds is 2. The smallest absolute Gasteiger partial charge is 0.0192 e. The van der Waals surface area contributed by atoms with Crippen LogP contribution in [0.4, 0.5) is 0 Å². The summed E-state index contributed by atoms with van der Waals surface area (Å²) in [7, 11) is 4.48. The van der Waals surface area contributed by atoms with Gasteiger partial charge < -0.3 is 10.2 Å². The Morgan fingerprint density at radius 1 is 0.944 bits per heavy atom. The highest BCUT2D eigenvalue weighted by Crippen LogP contribution is 2.35. The molecule has 0 radical (unpaired) electrons. The van der Waals surface area contributed by atoms with Crippen LogP contribution < -0.4 is 5.32 Å². The standard InChI is InChI=1S/C15H29N3/c1-16-12-5-4-8-18(11-12)15-9-13-6-3-7-14(10-15)17(13)2/h12-16H,3-11H2,1-2H3. The molecule has 1 N–H and O–H groups in total. The molecular weight excluding hydrogens is 222 g/mol. The van der Waals surface area contributed by atoms with Crippen LogP contribution in [0.2, 0.25) is 0 Å².